The SMILES string of the molecule is CC(=O)n1cc([C@H](C[N+](=O)[O-])S[C@@H](C[N+](=O)[O-])c2cn(C(C)=O)c3ccccc23)c2ccccc21. The number of carbonyl (C=O) groups excluding carboxylic acids is 2. The van der Waals surface area contributed by atoms with Gasteiger partial charge in [0.05, 0.1) is 21.5 Å². The maximum absolute atomic E-state index is 12.2. The smallest absolute Gasteiger partial charge is 0.227 e. The van der Waals surface area contributed by atoms with Crippen molar-refractivity contribution in [2.75, 3.05) is 13.1 Å². The van der Waals surface area contributed by atoms with E-state index in [0.717, 1.165) is 11.8 Å². The van der Waals surface area contributed by atoms with Gasteiger partial charge in [0.1, 0.15) is 0 Å². The van der Waals surface area contributed by atoms with E-state index in [2.05, 4.69) is 0 Å². The van der Waals surface area contributed by atoms with Gasteiger partial charge >= 0.3 is 0 Å². The van der Waals surface area contributed by atoms with Crippen molar-refractivity contribution in [3.63, 3.8) is 0 Å². The Bertz CT molecular complexity index is 1360. The average molecular weight is 495 g/mol. The molecule has 0 bridgehead atoms. The molecule has 180 valence electrons. The van der Waals surface area contributed by atoms with E-state index in [0.29, 0.717) is 32.9 Å². The van der Waals surface area contributed by atoms with Gasteiger partial charge in [-0.1, -0.05) is 36.4 Å². The van der Waals surface area contributed by atoms with E-state index in [-0.39, 0.29) is 11.8 Å². The Balaban J connectivity index is 1.86. The van der Waals surface area contributed by atoms with Gasteiger partial charge in [0.15, 0.2) is 0 Å². The van der Waals surface area contributed by atoms with E-state index in [4.69, 9.17) is 0 Å². The van der Waals surface area contributed by atoms with Gasteiger partial charge < -0.3 is 0 Å². The normalized spacial score (nSPS) is 13.1. The molecule has 2 atom stereocenters. The highest BCUT2D eigenvalue weighted by atomic mass is 32.2. The first kappa shape index (κ1) is 24.1. The average Bonchev–Trinajstić information content (AvgIpc) is 3.37. The summed E-state index contributed by atoms with van der Waals surface area (Å²) in [6.07, 6.45) is 3.16. The molecule has 0 fully saturated rings. The van der Waals surface area contributed by atoms with Crippen LogP contribution >= 0.6 is 11.8 Å². The number of rotatable bonds is 8. The molecule has 2 heterocycles. The number of nitro groups is 2. The zero-order valence-electron chi connectivity index (χ0n) is 19.0. The summed E-state index contributed by atoms with van der Waals surface area (Å²) in [5.41, 5.74) is 2.34. The van der Waals surface area contributed by atoms with Crippen molar-refractivity contribution in [2.24, 2.45) is 0 Å². The monoisotopic (exact) mass is 494 g/mol. The Morgan fingerprint density at radius 1 is 0.771 bits per heavy atom. The first-order valence-corrected chi connectivity index (χ1v) is 11.7. The van der Waals surface area contributed by atoms with Crippen LogP contribution in [0.25, 0.3) is 21.8 Å². The van der Waals surface area contributed by atoms with Crippen LogP contribution in [0.1, 0.15) is 45.1 Å². The van der Waals surface area contributed by atoms with Crippen molar-refractivity contribution in [1.29, 1.82) is 0 Å². The first-order valence-electron chi connectivity index (χ1n) is 10.8. The van der Waals surface area contributed by atoms with Gasteiger partial charge in [-0.25, -0.2) is 0 Å². The minimum atomic E-state index is -0.778. The first-order chi connectivity index (χ1) is 16.7. The van der Waals surface area contributed by atoms with Gasteiger partial charge in [-0.3, -0.25) is 39.0 Å². The summed E-state index contributed by atoms with van der Waals surface area (Å²) in [4.78, 5) is 46.8. The summed E-state index contributed by atoms with van der Waals surface area (Å²) < 4.78 is 2.87. The molecule has 35 heavy (non-hydrogen) atoms. The van der Waals surface area contributed by atoms with Gasteiger partial charge in [-0.05, 0) is 23.3 Å². The Labute approximate surface area is 203 Å². The molecule has 4 aromatic rings. The van der Waals surface area contributed by atoms with Crippen LogP contribution in [0.4, 0.5) is 0 Å². The summed E-state index contributed by atoms with van der Waals surface area (Å²) in [5, 5.41) is 23.1. The molecule has 10 nitrogen and oxygen atoms in total. The predicted molar refractivity (Wildman–Crippen MR) is 133 cm³/mol. The molecule has 2 aromatic carbocycles. The molecule has 2 aromatic heterocycles. The predicted octanol–water partition coefficient (Wildman–Crippen LogP) is 4.99. The highest BCUT2D eigenvalue weighted by Crippen LogP contribution is 2.45. The summed E-state index contributed by atoms with van der Waals surface area (Å²) >= 11 is 1.10. The van der Waals surface area contributed by atoms with Crippen LogP contribution in [0.3, 0.4) is 0 Å². The molecule has 0 unspecified atom stereocenters. The van der Waals surface area contributed by atoms with Crippen LogP contribution in [0, 0.1) is 20.2 Å². The van der Waals surface area contributed by atoms with Crippen molar-refractivity contribution in [3.05, 3.63) is 92.3 Å². The molecule has 0 aliphatic carbocycles. The lowest BCUT2D eigenvalue weighted by Gasteiger charge is -2.18. The third-order valence-corrected chi connectivity index (χ3v) is 7.28. The number of nitrogens with zero attached hydrogens (tertiary/aromatic N) is 4. The standard InChI is InChI=1S/C24H22N4O6S/c1-15(29)25-11-19(17-7-3-5-9-21(17)25)23(13-27(31)32)35-24(14-28(33)34)20-12-26(16(2)30)22-10-6-4-8-18(20)22/h3-12,23-24H,13-14H2,1-2H3/t23-,24-/m0/s1. The molecule has 4 rings (SSSR count). The fourth-order valence-electron chi connectivity index (χ4n) is 4.34. The largest absolute Gasteiger partial charge is 0.287 e. The van der Waals surface area contributed by atoms with Crippen molar-refractivity contribution >= 4 is 45.4 Å². The summed E-state index contributed by atoms with van der Waals surface area (Å²) in [7, 11) is 0. The third kappa shape index (κ3) is 4.80. The van der Waals surface area contributed by atoms with Gasteiger partial charge in [0.2, 0.25) is 24.9 Å². The van der Waals surface area contributed by atoms with Gasteiger partial charge in [-0.2, -0.15) is 0 Å². The topological polar surface area (TPSA) is 130 Å². The van der Waals surface area contributed by atoms with E-state index < -0.39 is 33.4 Å². The lowest BCUT2D eigenvalue weighted by atomic mass is 10.1. The summed E-state index contributed by atoms with van der Waals surface area (Å²) in [6.45, 7) is 1.82. The summed E-state index contributed by atoms with van der Waals surface area (Å²) in [6, 6.07) is 14.2. The molecule has 0 aliphatic heterocycles. The zero-order valence-corrected chi connectivity index (χ0v) is 19.8. The van der Waals surface area contributed by atoms with E-state index in [1.54, 1.807) is 60.9 Å². The third-order valence-electron chi connectivity index (χ3n) is 5.82. The fraction of sp³-hybridized carbons (Fsp3) is 0.250. The Morgan fingerprint density at radius 3 is 1.49 bits per heavy atom. The van der Waals surface area contributed by atoms with Crippen LogP contribution in [-0.2, 0) is 0 Å². The minimum Gasteiger partial charge on any atom is -0.287 e. The number of hydrogen-bond acceptors (Lipinski definition) is 7. The second-order valence-electron chi connectivity index (χ2n) is 8.13. The molecule has 0 saturated carbocycles. The van der Waals surface area contributed by atoms with E-state index >= 15 is 0 Å². The summed E-state index contributed by atoms with van der Waals surface area (Å²) in [5.74, 6) is -0.493. The van der Waals surface area contributed by atoms with Crippen LogP contribution < -0.4 is 0 Å². The lowest BCUT2D eigenvalue weighted by molar-refractivity contribution is -0.481. The quantitative estimate of drug-likeness (QED) is 0.249. The van der Waals surface area contributed by atoms with Crippen molar-refractivity contribution in [2.45, 2.75) is 24.3 Å². The zero-order chi connectivity index (χ0) is 25.3. The fourth-order valence-corrected chi connectivity index (χ4v) is 5.83. The number of thioether (sulfide) groups is 1. The van der Waals surface area contributed by atoms with Crippen LogP contribution in [0.5, 0.6) is 0 Å². The highest BCUT2D eigenvalue weighted by molar-refractivity contribution is 7.99. The Morgan fingerprint density at radius 2 is 1.14 bits per heavy atom. The molecule has 0 saturated heterocycles. The van der Waals surface area contributed by atoms with Gasteiger partial charge in [0.25, 0.3) is 0 Å². The molecule has 0 N–H and O–H groups in total. The number of para-hydroxylation sites is 2. The molecule has 0 amide bonds. The number of aromatic nitrogens is 2. The van der Waals surface area contributed by atoms with Crippen LogP contribution in [-0.4, -0.2) is 43.9 Å². The molecule has 0 spiro atoms. The molecule has 0 aliphatic rings. The molecular formula is C24H22N4O6S. The molecule has 0 radical (unpaired) electrons. The van der Waals surface area contributed by atoms with Crippen molar-refractivity contribution < 1.29 is 19.4 Å². The lowest BCUT2D eigenvalue weighted by Crippen LogP contribution is -2.16. The van der Waals surface area contributed by atoms with E-state index in [1.165, 1.54) is 23.0 Å². The van der Waals surface area contributed by atoms with E-state index in [9.17, 15) is 29.8 Å². The number of benzene rings is 2. The van der Waals surface area contributed by atoms with E-state index in [1.807, 2.05) is 0 Å². The molecule has 11 heteroatoms. The number of carbonyl (C=O) groups is 2. The Hall–Kier alpha value is -3.99. The van der Waals surface area contributed by atoms with Crippen molar-refractivity contribution in [1.82, 2.24) is 9.13 Å². The number of fused-ring (bicyclic) bond motifs is 2. The number of hydrogen-bond donors (Lipinski definition) is 0. The molecular weight excluding hydrogens is 472 g/mol. The maximum Gasteiger partial charge on any atom is 0.227 e. The minimum absolute atomic E-state index is 0.247. The maximum atomic E-state index is 12.2. The van der Waals surface area contributed by atoms with Crippen LogP contribution in [0.15, 0.2) is 60.9 Å². The van der Waals surface area contributed by atoms with Gasteiger partial charge in [0, 0.05) is 46.9 Å². The van der Waals surface area contributed by atoms with Gasteiger partial charge in [-0.15, -0.1) is 11.8 Å². The second kappa shape index (κ2) is 9.71. The van der Waals surface area contributed by atoms with Crippen LogP contribution in [0.2, 0.25) is 0 Å². The highest BCUT2D eigenvalue weighted by Gasteiger charge is 2.32. The van der Waals surface area contributed by atoms with Crippen molar-refractivity contribution in [3.8, 4) is 0 Å². The Kier molecular flexibility index (Phi) is 6.70. The second-order valence-corrected chi connectivity index (χ2v) is 9.54.